The van der Waals surface area contributed by atoms with Gasteiger partial charge in [0, 0.05) is 0 Å². The molecule has 100 valence electrons. The quantitative estimate of drug-likeness (QED) is 0.877. The minimum absolute atomic E-state index is 0.135. The molecule has 0 heterocycles. The summed E-state index contributed by atoms with van der Waals surface area (Å²) in [6.07, 6.45) is 1.10. The number of methoxy groups -OCH3 is 1. The van der Waals surface area contributed by atoms with Crippen molar-refractivity contribution in [3.05, 3.63) is 29.3 Å². The van der Waals surface area contributed by atoms with Crippen LogP contribution in [0.5, 0.6) is 5.75 Å². The second-order valence-electron chi connectivity index (χ2n) is 5.82. The van der Waals surface area contributed by atoms with Gasteiger partial charge < -0.3 is 14.6 Å². The standard InChI is InChI=1S/C15H22O3/c1-15(2,3)18-13-8-6-10-5-7-11(17-4)9-12(10)14(13)16/h5,7,9,13-14,16H,6,8H2,1-4H3. The molecule has 0 radical (unpaired) electrons. The number of aliphatic hydroxyl groups excluding tert-OH is 1. The first-order valence-electron chi connectivity index (χ1n) is 6.43. The van der Waals surface area contributed by atoms with Crippen LogP contribution in [0.3, 0.4) is 0 Å². The first-order chi connectivity index (χ1) is 8.40. The summed E-state index contributed by atoms with van der Waals surface area (Å²) in [6.45, 7) is 6.04. The van der Waals surface area contributed by atoms with Crippen molar-refractivity contribution in [2.75, 3.05) is 7.11 Å². The van der Waals surface area contributed by atoms with E-state index >= 15 is 0 Å². The van der Waals surface area contributed by atoms with Crippen molar-refractivity contribution in [1.29, 1.82) is 0 Å². The highest BCUT2D eigenvalue weighted by Gasteiger charge is 2.31. The van der Waals surface area contributed by atoms with E-state index in [0.29, 0.717) is 0 Å². The molecule has 0 spiro atoms. The average molecular weight is 250 g/mol. The van der Waals surface area contributed by atoms with Crippen molar-refractivity contribution in [1.82, 2.24) is 0 Å². The zero-order valence-electron chi connectivity index (χ0n) is 11.6. The van der Waals surface area contributed by atoms with Crippen molar-refractivity contribution < 1.29 is 14.6 Å². The van der Waals surface area contributed by atoms with Crippen LogP contribution >= 0.6 is 0 Å². The minimum Gasteiger partial charge on any atom is -0.497 e. The van der Waals surface area contributed by atoms with E-state index in [1.807, 2.05) is 39.0 Å². The van der Waals surface area contributed by atoms with E-state index in [2.05, 4.69) is 0 Å². The molecule has 3 heteroatoms. The molecule has 0 aliphatic heterocycles. The number of aliphatic hydroxyl groups is 1. The van der Waals surface area contributed by atoms with E-state index in [-0.39, 0.29) is 11.7 Å². The van der Waals surface area contributed by atoms with Crippen LogP contribution in [0.15, 0.2) is 18.2 Å². The highest BCUT2D eigenvalue weighted by molar-refractivity contribution is 5.39. The number of aryl methyl sites for hydroxylation is 1. The second-order valence-corrected chi connectivity index (χ2v) is 5.82. The number of ether oxygens (including phenoxy) is 2. The summed E-state index contributed by atoms with van der Waals surface area (Å²) in [6, 6.07) is 5.89. The van der Waals surface area contributed by atoms with E-state index in [1.54, 1.807) is 7.11 Å². The molecule has 0 saturated heterocycles. The van der Waals surface area contributed by atoms with Crippen LogP contribution in [0.25, 0.3) is 0 Å². The molecule has 3 nitrogen and oxygen atoms in total. The molecular weight excluding hydrogens is 228 g/mol. The maximum atomic E-state index is 10.4. The van der Waals surface area contributed by atoms with E-state index < -0.39 is 6.10 Å². The Hall–Kier alpha value is -1.06. The van der Waals surface area contributed by atoms with E-state index in [4.69, 9.17) is 9.47 Å². The van der Waals surface area contributed by atoms with E-state index in [0.717, 1.165) is 24.2 Å². The fourth-order valence-electron chi connectivity index (χ4n) is 2.44. The van der Waals surface area contributed by atoms with Gasteiger partial charge in [0.15, 0.2) is 0 Å². The fourth-order valence-corrected chi connectivity index (χ4v) is 2.44. The van der Waals surface area contributed by atoms with Crippen molar-refractivity contribution >= 4 is 0 Å². The Balaban J connectivity index is 2.23. The Labute approximate surface area is 109 Å². The molecule has 18 heavy (non-hydrogen) atoms. The van der Waals surface area contributed by atoms with Crippen LogP contribution < -0.4 is 4.74 Å². The summed E-state index contributed by atoms with van der Waals surface area (Å²) in [7, 11) is 1.64. The predicted molar refractivity (Wildman–Crippen MR) is 70.9 cm³/mol. The van der Waals surface area contributed by atoms with Crippen molar-refractivity contribution in [2.45, 2.75) is 51.4 Å². The number of hydrogen-bond acceptors (Lipinski definition) is 3. The molecule has 2 rings (SSSR count). The van der Waals surface area contributed by atoms with Gasteiger partial charge in [-0.2, -0.15) is 0 Å². The fraction of sp³-hybridized carbons (Fsp3) is 0.600. The predicted octanol–water partition coefficient (Wildman–Crippen LogP) is 2.86. The van der Waals surface area contributed by atoms with Crippen LogP contribution in [-0.2, 0) is 11.2 Å². The molecule has 2 atom stereocenters. The summed E-state index contributed by atoms with van der Waals surface area (Å²) in [4.78, 5) is 0. The topological polar surface area (TPSA) is 38.7 Å². The Kier molecular flexibility index (Phi) is 3.64. The van der Waals surface area contributed by atoms with Gasteiger partial charge in [-0.1, -0.05) is 6.07 Å². The zero-order chi connectivity index (χ0) is 13.3. The van der Waals surface area contributed by atoms with Gasteiger partial charge in [-0.05, 0) is 56.9 Å². The second kappa shape index (κ2) is 4.90. The number of hydrogen-bond donors (Lipinski definition) is 1. The molecule has 0 fully saturated rings. The Morgan fingerprint density at radius 2 is 2.00 bits per heavy atom. The number of fused-ring (bicyclic) bond motifs is 1. The first-order valence-corrected chi connectivity index (χ1v) is 6.43. The summed E-state index contributed by atoms with van der Waals surface area (Å²) < 4.78 is 11.1. The molecule has 0 aromatic heterocycles. The Bertz CT molecular complexity index is 420. The third-order valence-electron chi connectivity index (χ3n) is 3.23. The van der Waals surface area contributed by atoms with Crippen molar-refractivity contribution in [3.63, 3.8) is 0 Å². The smallest absolute Gasteiger partial charge is 0.119 e. The molecule has 1 N–H and O–H groups in total. The van der Waals surface area contributed by atoms with Crippen LogP contribution in [-0.4, -0.2) is 23.9 Å². The zero-order valence-corrected chi connectivity index (χ0v) is 11.6. The molecular formula is C15H22O3. The van der Waals surface area contributed by atoms with Gasteiger partial charge >= 0.3 is 0 Å². The SMILES string of the molecule is COc1ccc2c(c1)C(O)C(OC(C)(C)C)CC2. The van der Waals surface area contributed by atoms with Gasteiger partial charge in [0.1, 0.15) is 11.9 Å². The Morgan fingerprint density at radius 1 is 1.28 bits per heavy atom. The van der Waals surface area contributed by atoms with Gasteiger partial charge in [-0.25, -0.2) is 0 Å². The molecule has 0 bridgehead atoms. The van der Waals surface area contributed by atoms with Crippen LogP contribution in [0.4, 0.5) is 0 Å². The maximum absolute atomic E-state index is 10.4. The van der Waals surface area contributed by atoms with Gasteiger partial charge in [0.2, 0.25) is 0 Å². The normalized spacial score (nSPS) is 23.6. The molecule has 0 amide bonds. The highest BCUT2D eigenvalue weighted by Crippen LogP contribution is 2.35. The van der Waals surface area contributed by atoms with Crippen LogP contribution in [0, 0.1) is 0 Å². The lowest BCUT2D eigenvalue weighted by Gasteiger charge is -2.35. The molecule has 2 unspecified atom stereocenters. The van der Waals surface area contributed by atoms with Gasteiger partial charge in [-0.3, -0.25) is 0 Å². The lowest BCUT2D eigenvalue weighted by molar-refractivity contribution is -0.118. The van der Waals surface area contributed by atoms with Gasteiger partial charge in [-0.15, -0.1) is 0 Å². The summed E-state index contributed by atoms with van der Waals surface area (Å²) in [5.41, 5.74) is 1.90. The summed E-state index contributed by atoms with van der Waals surface area (Å²) >= 11 is 0. The van der Waals surface area contributed by atoms with Crippen molar-refractivity contribution in [3.8, 4) is 5.75 Å². The highest BCUT2D eigenvalue weighted by atomic mass is 16.5. The monoisotopic (exact) mass is 250 g/mol. The molecule has 0 saturated carbocycles. The molecule has 1 aliphatic carbocycles. The average Bonchev–Trinajstić information content (AvgIpc) is 2.31. The van der Waals surface area contributed by atoms with Crippen LogP contribution in [0.2, 0.25) is 0 Å². The number of rotatable bonds is 2. The van der Waals surface area contributed by atoms with Gasteiger partial charge in [0.05, 0.1) is 18.8 Å². The van der Waals surface area contributed by atoms with E-state index in [9.17, 15) is 5.11 Å². The summed E-state index contributed by atoms with van der Waals surface area (Å²) in [5.74, 6) is 0.782. The first kappa shape index (κ1) is 13.4. The van der Waals surface area contributed by atoms with Crippen molar-refractivity contribution in [2.24, 2.45) is 0 Å². The molecule has 1 aromatic rings. The Morgan fingerprint density at radius 3 is 2.61 bits per heavy atom. The third kappa shape index (κ3) is 2.85. The number of benzene rings is 1. The minimum atomic E-state index is -0.567. The van der Waals surface area contributed by atoms with Gasteiger partial charge in [0.25, 0.3) is 0 Å². The third-order valence-corrected chi connectivity index (χ3v) is 3.23. The van der Waals surface area contributed by atoms with E-state index in [1.165, 1.54) is 5.56 Å². The maximum Gasteiger partial charge on any atom is 0.119 e. The lowest BCUT2D eigenvalue weighted by Crippen LogP contribution is -2.35. The molecule has 1 aromatic carbocycles. The van der Waals surface area contributed by atoms with Crippen LogP contribution in [0.1, 0.15) is 44.4 Å². The molecule has 1 aliphatic rings. The summed E-state index contributed by atoms with van der Waals surface area (Å²) in [5, 5.41) is 10.4. The lowest BCUT2D eigenvalue weighted by atomic mass is 9.87. The largest absolute Gasteiger partial charge is 0.497 e.